The zero-order chi connectivity index (χ0) is 10.4. The van der Waals surface area contributed by atoms with Gasteiger partial charge in [0.2, 0.25) is 5.91 Å². The molecule has 0 aromatic heterocycles. The van der Waals surface area contributed by atoms with Crippen molar-refractivity contribution in [2.75, 3.05) is 46.0 Å². The van der Waals surface area contributed by atoms with Gasteiger partial charge in [0.05, 0.1) is 13.3 Å². The minimum absolute atomic E-state index is 0.0165. The first kappa shape index (κ1) is 11.4. The highest BCUT2D eigenvalue weighted by atomic mass is 16.3. The molecule has 1 amide bonds. The summed E-state index contributed by atoms with van der Waals surface area (Å²) < 4.78 is 0. The molecule has 5 nitrogen and oxygen atoms in total. The highest BCUT2D eigenvalue weighted by Crippen LogP contribution is 1.99. The Bertz CT molecular complexity index is 179. The first-order valence-electron chi connectivity index (χ1n) is 5.02. The zero-order valence-corrected chi connectivity index (χ0v) is 8.70. The van der Waals surface area contributed by atoms with Crippen LogP contribution in [0, 0.1) is 0 Å². The molecule has 0 aromatic carbocycles. The minimum Gasteiger partial charge on any atom is -0.395 e. The van der Waals surface area contributed by atoms with E-state index in [4.69, 9.17) is 5.11 Å². The Morgan fingerprint density at radius 3 is 2.36 bits per heavy atom. The highest BCUT2D eigenvalue weighted by Gasteiger charge is 2.15. The van der Waals surface area contributed by atoms with Crippen molar-refractivity contribution in [2.45, 2.75) is 6.92 Å². The Hall–Kier alpha value is -0.650. The third-order valence-electron chi connectivity index (χ3n) is 2.43. The number of piperazine rings is 1. The molecule has 0 aliphatic carbocycles. The van der Waals surface area contributed by atoms with Crippen molar-refractivity contribution >= 4 is 5.91 Å². The predicted octanol–water partition coefficient (Wildman–Crippen LogP) is -1.31. The lowest BCUT2D eigenvalue weighted by atomic mass is 10.3. The van der Waals surface area contributed by atoms with Crippen LogP contribution in [0.1, 0.15) is 6.92 Å². The van der Waals surface area contributed by atoms with Crippen LogP contribution < -0.4 is 5.32 Å². The van der Waals surface area contributed by atoms with Gasteiger partial charge in [-0.2, -0.15) is 0 Å². The summed E-state index contributed by atoms with van der Waals surface area (Å²) in [5.41, 5.74) is 0. The SMILES string of the molecule is CC(=O)NCN1CCN(CCO)CC1. The molecule has 0 atom stereocenters. The number of aliphatic hydroxyl groups excluding tert-OH is 1. The number of nitrogens with zero attached hydrogens (tertiary/aromatic N) is 2. The Morgan fingerprint density at radius 2 is 1.86 bits per heavy atom. The molecule has 0 radical (unpaired) electrons. The van der Waals surface area contributed by atoms with E-state index in [9.17, 15) is 4.79 Å². The van der Waals surface area contributed by atoms with E-state index in [1.54, 1.807) is 0 Å². The van der Waals surface area contributed by atoms with Crippen LogP contribution >= 0.6 is 0 Å². The summed E-state index contributed by atoms with van der Waals surface area (Å²) in [6, 6.07) is 0. The van der Waals surface area contributed by atoms with Gasteiger partial charge >= 0.3 is 0 Å². The fourth-order valence-corrected chi connectivity index (χ4v) is 1.54. The van der Waals surface area contributed by atoms with E-state index in [0.717, 1.165) is 32.7 Å². The largest absolute Gasteiger partial charge is 0.395 e. The Balaban J connectivity index is 2.12. The maximum Gasteiger partial charge on any atom is 0.217 e. The van der Waals surface area contributed by atoms with Gasteiger partial charge in [0.15, 0.2) is 0 Å². The summed E-state index contributed by atoms with van der Waals surface area (Å²) in [4.78, 5) is 15.1. The van der Waals surface area contributed by atoms with E-state index in [1.807, 2.05) is 0 Å². The summed E-state index contributed by atoms with van der Waals surface area (Å²) in [6.07, 6.45) is 0. The fourth-order valence-electron chi connectivity index (χ4n) is 1.54. The minimum atomic E-state index is 0.0165. The number of hydrogen-bond acceptors (Lipinski definition) is 4. The standard InChI is InChI=1S/C9H19N3O2/c1-9(14)10-8-12-4-2-11(3-5-12)6-7-13/h13H,2-8H2,1H3,(H,10,14). The van der Waals surface area contributed by atoms with E-state index in [-0.39, 0.29) is 12.5 Å². The highest BCUT2D eigenvalue weighted by molar-refractivity contribution is 5.72. The molecule has 14 heavy (non-hydrogen) atoms. The van der Waals surface area contributed by atoms with Gasteiger partial charge in [-0.3, -0.25) is 14.6 Å². The second-order valence-corrected chi connectivity index (χ2v) is 3.57. The zero-order valence-electron chi connectivity index (χ0n) is 8.70. The normalized spacial score (nSPS) is 19.6. The quantitative estimate of drug-likeness (QED) is 0.593. The molecule has 0 spiro atoms. The van der Waals surface area contributed by atoms with Crippen LogP contribution in [0.3, 0.4) is 0 Å². The molecule has 2 N–H and O–H groups in total. The van der Waals surface area contributed by atoms with Gasteiger partial charge in [0, 0.05) is 39.6 Å². The number of β-amino-alcohol motifs (C(OH)–C–C–N with tert-alkyl or cyclic N) is 1. The summed E-state index contributed by atoms with van der Waals surface area (Å²) in [5, 5.41) is 11.5. The Kier molecular flexibility index (Phi) is 4.86. The van der Waals surface area contributed by atoms with Gasteiger partial charge in [0.25, 0.3) is 0 Å². The first-order valence-corrected chi connectivity index (χ1v) is 5.02. The predicted molar refractivity (Wildman–Crippen MR) is 53.8 cm³/mol. The van der Waals surface area contributed by atoms with Crippen molar-refractivity contribution in [3.8, 4) is 0 Å². The van der Waals surface area contributed by atoms with Crippen LogP contribution in [-0.4, -0.2) is 66.8 Å². The number of amides is 1. The molecule has 1 fully saturated rings. The number of aliphatic hydroxyl groups is 1. The number of carbonyl (C=O) groups is 1. The molecule has 0 bridgehead atoms. The van der Waals surface area contributed by atoms with E-state index >= 15 is 0 Å². The molecule has 1 aliphatic rings. The van der Waals surface area contributed by atoms with Crippen LogP contribution in [0.15, 0.2) is 0 Å². The average molecular weight is 201 g/mol. The van der Waals surface area contributed by atoms with E-state index in [1.165, 1.54) is 6.92 Å². The first-order chi connectivity index (χ1) is 6.72. The van der Waals surface area contributed by atoms with Gasteiger partial charge in [-0.1, -0.05) is 0 Å². The van der Waals surface area contributed by atoms with Crippen LogP contribution in [0.4, 0.5) is 0 Å². The summed E-state index contributed by atoms with van der Waals surface area (Å²) >= 11 is 0. The number of carbonyl (C=O) groups excluding carboxylic acids is 1. The average Bonchev–Trinajstić information content (AvgIpc) is 2.17. The van der Waals surface area contributed by atoms with Crippen LogP contribution in [-0.2, 0) is 4.79 Å². The number of hydrogen-bond donors (Lipinski definition) is 2. The Labute approximate surface area is 84.7 Å². The monoisotopic (exact) mass is 201 g/mol. The van der Waals surface area contributed by atoms with E-state index in [0.29, 0.717) is 6.67 Å². The van der Waals surface area contributed by atoms with Gasteiger partial charge < -0.3 is 10.4 Å². The molecule has 1 rings (SSSR count). The van der Waals surface area contributed by atoms with Crippen molar-refractivity contribution in [1.29, 1.82) is 0 Å². The third-order valence-corrected chi connectivity index (χ3v) is 2.43. The lowest BCUT2D eigenvalue weighted by molar-refractivity contribution is -0.119. The Morgan fingerprint density at radius 1 is 1.29 bits per heavy atom. The number of rotatable bonds is 4. The van der Waals surface area contributed by atoms with E-state index < -0.39 is 0 Å². The summed E-state index contributed by atoms with van der Waals surface area (Å²) in [6.45, 7) is 7.02. The molecule has 1 saturated heterocycles. The van der Waals surface area contributed by atoms with Gasteiger partial charge in [-0.25, -0.2) is 0 Å². The van der Waals surface area contributed by atoms with Gasteiger partial charge in [-0.15, -0.1) is 0 Å². The van der Waals surface area contributed by atoms with Crippen molar-refractivity contribution in [3.05, 3.63) is 0 Å². The topological polar surface area (TPSA) is 55.8 Å². The van der Waals surface area contributed by atoms with E-state index in [2.05, 4.69) is 15.1 Å². The van der Waals surface area contributed by atoms with Crippen LogP contribution in [0.2, 0.25) is 0 Å². The smallest absolute Gasteiger partial charge is 0.217 e. The van der Waals surface area contributed by atoms with Crippen molar-refractivity contribution < 1.29 is 9.90 Å². The second kappa shape index (κ2) is 5.95. The van der Waals surface area contributed by atoms with Gasteiger partial charge in [-0.05, 0) is 0 Å². The maximum absolute atomic E-state index is 10.7. The third kappa shape index (κ3) is 4.04. The summed E-state index contributed by atoms with van der Waals surface area (Å²) in [7, 11) is 0. The molecular formula is C9H19N3O2. The van der Waals surface area contributed by atoms with Crippen molar-refractivity contribution in [2.24, 2.45) is 0 Å². The van der Waals surface area contributed by atoms with Gasteiger partial charge in [0.1, 0.15) is 0 Å². The van der Waals surface area contributed by atoms with Crippen LogP contribution in [0.25, 0.3) is 0 Å². The molecular weight excluding hydrogens is 182 g/mol. The molecule has 1 heterocycles. The molecule has 82 valence electrons. The molecule has 0 unspecified atom stereocenters. The molecule has 1 aliphatic heterocycles. The molecule has 0 saturated carbocycles. The maximum atomic E-state index is 10.7. The van der Waals surface area contributed by atoms with Crippen LogP contribution in [0.5, 0.6) is 0 Å². The number of nitrogens with one attached hydrogen (secondary N) is 1. The fraction of sp³-hybridized carbons (Fsp3) is 0.889. The van der Waals surface area contributed by atoms with Crippen molar-refractivity contribution in [3.63, 3.8) is 0 Å². The molecule has 5 heteroatoms. The van der Waals surface area contributed by atoms with Crippen molar-refractivity contribution in [1.82, 2.24) is 15.1 Å². The lowest BCUT2D eigenvalue weighted by Gasteiger charge is -2.34. The second-order valence-electron chi connectivity index (χ2n) is 3.57. The molecule has 0 aromatic rings. The lowest BCUT2D eigenvalue weighted by Crippen LogP contribution is -2.50. The summed E-state index contributed by atoms with van der Waals surface area (Å²) in [5.74, 6) is 0.0165.